The number of pyridine rings is 1. The summed E-state index contributed by atoms with van der Waals surface area (Å²) in [7, 11) is 1.38. The fourth-order valence-electron chi connectivity index (χ4n) is 2.71. The average Bonchev–Trinajstić information content (AvgIpc) is 3.21. The van der Waals surface area contributed by atoms with Crippen LogP contribution in [-0.4, -0.2) is 34.6 Å². The van der Waals surface area contributed by atoms with Gasteiger partial charge in [-0.05, 0) is 56.7 Å². The SMILES string of the molecule is CCc1cnc(-c2ccc(-c3ccc(OCC(C)(C)C(=O)OC)cc3)nc2)[nH]1. The maximum Gasteiger partial charge on any atom is 0.314 e. The van der Waals surface area contributed by atoms with Gasteiger partial charge in [0.1, 0.15) is 18.2 Å². The number of ether oxygens (including phenoxy) is 2. The number of aryl methyl sites for hydroxylation is 1. The number of rotatable bonds is 7. The number of hydrogen-bond acceptors (Lipinski definition) is 5. The summed E-state index contributed by atoms with van der Waals surface area (Å²) in [6, 6.07) is 11.6. The van der Waals surface area contributed by atoms with Crippen LogP contribution in [0.4, 0.5) is 0 Å². The van der Waals surface area contributed by atoms with Gasteiger partial charge in [0, 0.05) is 29.2 Å². The van der Waals surface area contributed by atoms with E-state index >= 15 is 0 Å². The summed E-state index contributed by atoms with van der Waals surface area (Å²) in [4.78, 5) is 23.9. The van der Waals surface area contributed by atoms with Crippen LogP contribution in [0.2, 0.25) is 0 Å². The second-order valence-electron chi connectivity index (χ2n) is 7.23. The number of carbonyl (C=O) groups excluding carboxylic acids is 1. The molecule has 6 heteroatoms. The predicted octanol–water partition coefficient (Wildman–Crippen LogP) is 4.28. The molecule has 0 saturated heterocycles. The van der Waals surface area contributed by atoms with Crippen LogP contribution < -0.4 is 4.74 Å². The molecule has 0 radical (unpaired) electrons. The van der Waals surface area contributed by atoms with Gasteiger partial charge in [0.15, 0.2) is 0 Å². The van der Waals surface area contributed by atoms with Gasteiger partial charge in [-0.25, -0.2) is 4.98 Å². The Morgan fingerprint density at radius 2 is 1.75 bits per heavy atom. The zero-order valence-electron chi connectivity index (χ0n) is 16.7. The van der Waals surface area contributed by atoms with E-state index in [9.17, 15) is 4.79 Å². The summed E-state index contributed by atoms with van der Waals surface area (Å²) < 4.78 is 10.5. The number of aromatic nitrogens is 3. The van der Waals surface area contributed by atoms with Crippen LogP contribution in [0, 0.1) is 5.41 Å². The Labute approximate surface area is 165 Å². The molecule has 3 aromatic rings. The number of methoxy groups -OCH3 is 1. The average molecular weight is 379 g/mol. The van der Waals surface area contributed by atoms with Crippen molar-refractivity contribution >= 4 is 5.97 Å². The topological polar surface area (TPSA) is 77.1 Å². The minimum atomic E-state index is -0.700. The molecule has 6 nitrogen and oxygen atoms in total. The quantitative estimate of drug-likeness (QED) is 0.620. The molecular formula is C22H25N3O3. The van der Waals surface area contributed by atoms with Crippen LogP contribution in [0.25, 0.3) is 22.6 Å². The standard InChI is InChI=1S/C22H25N3O3/c1-5-17-13-24-20(25-17)16-8-11-19(23-12-16)15-6-9-18(10-7-15)28-14-22(2,3)21(26)27-4/h6-13H,5,14H2,1-4H3,(H,24,25). The molecule has 0 bridgehead atoms. The van der Waals surface area contributed by atoms with E-state index in [2.05, 4.69) is 21.9 Å². The van der Waals surface area contributed by atoms with Crippen molar-refractivity contribution in [2.75, 3.05) is 13.7 Å². The number of carbonyl (C=O) groups is 1. The van der Waals surface area contributed by atoms with Crippen molar-refractivity contribution in [3.8, 4) is 28.4 Å². The lowest BCUT2D eigenvalue weighted by Gasteiger charge is -2.21. The Hall–Kier alpha value is -3.15. The monoisotopic (exact) mass is 379 g/mol. The maximum absolute atomic E-state index is 11.7. The van der Waals surface area contributed by atoms with Crippen LogP contribution in [0.3, 0.4) is 0 Å². The summed E-state index contributed by atoms with van der Waals surface area (Å²) in [5.41, 5.74) is 3.21. The van der Waals surface area contributed by atoms with Gasteiger partial charge < -0.3 is 14.5 Å². The van der Waals surface area contributed by atoms with E-state index in [1.54, 1.807) is 13.8 Å². The molecule has 0 aliphatic carbocycles. The van der Waals surface area contributed by atoms with Crippen molar-refractivity contribution in [1.82, 2.24) is 15.0 Å². The smallest absolute Gasteiger partial charge is 0.314 e. The van der Waals surface area contributed by atoms with Gasteiger partial charge in [0.2, 0.25) is 0 Å². The van der Waals surface area contributed by atoms with Crippen LogP contribution in [-0.2, 0) is 16.0 Å². The number of H-pyrrole nitrogens is 1. The van der Waals surface area contributed by atoms with Gasteiger partial charge in [-0.2, -0.15) is 0 Å². The molecular weight excluding hydrogens is 354 g/mol. The van der Waals surface area contributed by atoms with Gasteiger partial charge in [0.05, 0.1) is 18.2 Å². The minimum absolute atomic E-state index is 0.245. The lowest BCUT2D eigenvalue weighted by Crippen LogP contribution is -2.32. The maximum atomic E-state index is 11.7. The molecule has 1 aromatic carbocycles. The molecule has 3 rings (SSSR count). The predicted molar refractivity (Wildman–Crippen MR) is 108 cm³/mol. The zero-order chi connectivity index (χ0) is 20.1. The third kappa shape index (κ3) is 4.39. The molecule has 2 heterocycles. The summed E-state index contributed by atoms with van der Waals surface area (Å²) in [5.74, 6) is 1.23. The number of nitrogens with zero attached hydrogens (tertiary/aromatic N) is 2. The third-order valence-electron chi connectivity index (χ3n) is 4.53. The summed E-state index contributed by atoms with van der Waals surface area (Å²) in [5, 5.41) is 0. The van der Waals surface area contributed by atoms with Crippen molar-refractivity contribution in [1.29, 1.82) is 0 Å². The lowest BCUT2D eigenvalue weighted by molar-refractivity contribution is -0.152. The van der Waals surface area contributed by atoms with Gasteiger partial charge in [-0.3, -0.25) is 9.78 Å². The highest BCUT2D eigenvalue weighted by molar-refractivity contribution is 5.76. The van der Waals surface area contributed by atoms with Crippen LogP contribution in [0.5, 0.6) is 5.75 Å². The summed E-state index contributed by atoms with van der Waals surface area (Å²) in [6.45, 7) is 5.92. The van der Waals surface area contributed by atoms with Gasteiger partial charge in [-0.1, -0.05) is 6.92 Å². The molecule has 146 valence electrons. The first-order valence-electron chi connectivity index (χ1n) is 9.25. The summed E-state index contributed by atoms with van der Waals surface area (Å²) in [6.07, 6.45) is 4.59. The molecule has 0 unspecified atom stereocenters. The molecule has 0 aliphatic rings. The van der Waals surface area contributed by atoms with Gasteiger partial charge in [0.25, 0.3) is 0 Å². The zero-order valence-corrected chi connectivity index (χ0v) is 16.7. The van der Waals surface area contributed by atoms with E-state index in [0.717, 1.165) is 34.8 Å². The van der Waals surface area contributed by atoms with Crippen molar-refractivity contribution in [2.24, 2.45) is 5.41 Å². The van der Waals surface area contributed by atoms with E-state index in [-0.39, 0.29) is 12.6 Å². The van der Waals surface area contributed by atoms with Gasteiger partial charge >= 0.3 is 5.97 Å². The largest absolute Gasteiger partial charge is 0.492 e. The normalized spacial score (nSPS) is 11.3. The van der Waals surface area contributed by atoms with Crippen LogP contribution >= 0.6 is 0 Å². The first-order valence-corrected chi connectivity index (χ1v) is 9.25. The number of aromatic amines is 1. The number of esters is 1. The number of hydrogen-bond donors (Lipinski definition) is 1. The lowest BCUT2D eigenvalue weighted by atomic mass is 9.95. The van der Waals surface area contributed by atoms with Crippen LogP contribution in [0.15, 0.2) is 48.8 Å². The number of imidazole rings is 1. The first kappa shape index (κ1) is 19.6. The number of benzene rings is 1. The van der Waals surface area contributed by atoms with Crippen molar-refractivity contribution in [3.05, 3.63) is 54.5 Å². The molecule has 0 aliphatic heterocycles. The highest BCUT2D eigenvalue weighted by Gasteiger charge is 2.29. The Morgan fingerprint density at radius 1 is 1.04 bits per heavy atom. The number of nitrogens with one attached hydrogen (secondary N) is 1. The Balaban J connectivity index is 1.67. The second kappa shape index (κ2) is 8.25. The molecule has 0 saturated carbocycles. The molecule has 1 N–H and O–H groups in total. The van der Waals surface area contributed by atoms with Crippen LogP contribution in [0.1, 0.15) is 26.5 Å². The Morgan fingerprint density at radius 3 is 2.32 bits per heavy atom. The van der Waals surface area contributed by atoms with Crippen molar-refractivity contribution in [3.63, 3.8) is 0 Å². The van der Waals surface area contributed by atoms with E-state index in [1.165, 1.54) is 7.11 Å². The first-order chi connectivity index (χ1) is 13.4. The fourth-order valence-corrected chi connectivity index (χ4v) is 2.71. The molecule has 0 amide bonds. The minimum Gasteiger partial charge on any atom is -0.492 e. The Kier molecular flexibility index (Phi) is 5.78. The highest BCUT2D eigenvalue weighted by atomic mass is 16.5. The van der Waals surface area contributed by atoms with E-state index in [1.807, 2.05) is 48.8 Å². The fraction of sp³-hybridized carbons (Fsp3) is 0.318. The second-order valence-corrected chi connectivity index (χ2v) is 7.23. The molecule has 0 atom stereocenters. The Bertz CT molecular complexity index is 928. The molecule has 0 fully saturated rings. The van der Waals surface area contributed by atoms with E-state index < -0.39 is 5.41 Å². The molecule has 28 heavy (non-hydrogen) atoms. The summed E-state index contributed by atoms with van der Waals surface area (Å²) >= 11 is 0. The highest BCUT2D eigenvalue weighted by Crippen LogP contribution is 2.25. The van der Waals surface area contributed by atoms with E-state index in [4.69, 9.17) is 9.47 Å². The van der Waals surface area contributed by atoms with Crippen molar-refractivity contribution in [2.45, 2.75) is 27.2 Å². The third-order valence-corrected chi connectivity index (χ3v) is 4.53. The van der Waals surface area contributed by atoms with Crippen molar-refractivity contribution < 1.29 is 14.3 Å². The molecule has 0 spiro atoms. The van der Waals surface area contributed by atoms with Gasteiger partial charge in [-0.15, -0.1) is 0 Å². The molecule has 2 aromatic heterocycles. The van der Waals surface area contributed by atoms with E-state index in [0.29, 0.717) is 5.75 Å².